The zero-order chi connectivity index (χ0) is 41.6. The average Bonchev–Trinajstić information content (AvgIpc) is 3.81. The number of carboxylic acid groups (broad SMARTS) is 2. The Morgan fingerprint density at radius 3 is 2.39 bits per heavy atom. The van der Waals surface area contributed by atoms with Crippen molar-refractivity contribution in [3.63, 3.8) is 0 Å². The first-order chi connectivity index (χ1) is 26.9. The van der Waals surface area contributed by atoms with E-state index in [-0.39, 0.29) is 71.1 Å². The van der Waals surface area contributed by atoms with Crippen molar-refractivity contribution >= 4 is 104 Å². The topological polar surface area (TPSA) is 312 Å². The Kier molecular flexibility index (Phi) is 11.5. The highest BCUT2D eigenvalue weighted by Crippen LogP contribution is 2.53. The number of urea groups is 1. The number of nitrogens with zero attached hydrogens (tertiary/aromatic N) is 5. The molecule has 21 nitrogen and oxygen atoms in total. The quantitative estimate of drug-likeness (QED) is 0.0309. The van der Waals surface area contributed by atoms with Gasteiger partial charge in [0.2, 0.25) is 22.2 Å². The minimum atomic E-state index is -2.04. The number of nitrogens with two attached hydrogens (primary N) is 1. The van der Waals surface area contributed by atoms with Gasteiger partial charge in [0.25, 0.3) is 5.91 Å². The number of carboxylic acids is 2. The number of carbonyl (C=O) groups excluding carboxylic acids is 6. The third-order valence-corrected chi connectivity index (χ3v) is 13.0. The van der Waals surface area contributed by atoms with E-state index < -0.39 is 99.2 Å². The number of Topliss-reactive ketones (excluding diaryl/α,β-unsaturated/α-hetero) is 2. The van der Waals surface area contributed by atoms with E-state index in [1.165, 1.54) is 11.0 Å². The molecule has 0 bridgehead atoms. The first-order valence-corrected chi connectivity index (χ1v) is 19.4. The molecule has 0 spiro atoms. The van der Waals surface area contributed by atoms with Crippen LogP contribution in [0.25, 0.3) is 0 Å². The normalized spacial score (nSPS) is 22.4. The highest BCUT2D eigenvalue weighted by Gasteiger charge is 2.66. The van der Waals surface area contributed by atoms with Gasteiger partial charge in [-0.15, -0.1) is 0 Å². The van der Waals surface area contributed by atoms with Gasteiger partial charge in [-0.05, 0) is 25.0 Å². The molecule has 3 atom stereocenters. The number of phenolic OH excluding ortho intramolecular Hbond substituents is 2. The van der Waals surface area contributed by atoms with Crippen molar-refractivity contribution in [3.05, 3.63) is 32.7 Å². The van der Waals surface area contributed by atoms with Crippen LogP contribution in [0.2, 0.25) is 9.36 Å². The molecule has 3 aliphatic heterocycles. The number of fused-ring (bicyclic) bond motifs is 1. The van der Waals surface area contributed by atoms with Crippen LogP contribution < -0.4 is 16.5 Å². The fourth-order valence-corrected chi connectivity index (χ4v) is 9.33. The number of anilines is 1. The van der Waals surface area contributed by atoms with Crippen molar-refractivity contribution in [2.45, 2.75) is 54.4 Å². The lowest BCUT2D eigenvalue weighted by atomic mass is 9.80. The molecule has 6 rings (SSSR count). The summed E-state index contributed by atoms with van der Waals surface area (Å²) < 4.78 is -0.0439. The van der Waals surface area contributed by atoms with Crippen molar-refractivity contribution in [1.29, 1.82) is 0 Å². The van der Waals surface area contributed by atoms with Crippen molar-refractivity contribution in [3.8, 4) is 11.5 Å². The van der Waals surface area contributed by atoms with Crippen LogP contribution in [0.15, 0.2) is 17.3 Å². The largest absolute Gasteiger partial charge is 0.504 e. The Hall–Kier alpha value is -5.39. The molecule has 0 unspecified atom stereocenters. The first-order valence-electron chi connectivity index (χ1n) is 17.0. The van der Waals surface area contributed by atoms with Gasteiger partial charge in [0.15, 0.2) is 28.1 Å². The second-order valence-electron chi connectivity index (χ2n) is 13.3. The zero-order valence-electron chi connectivity index (χ0n) is 29.2. The Morgan fingerprint density at radius 1 is 1.05 bits per heavy atom. The van der Waals surface area contributed by atoms with Crippen molar-refractivity contribution < 1.29 is 63.6 Å². The number of nitrogen functional groups attached to an aromatic ring is 1. The van der Waals surface area contributed by atoms with Crippen LogP contribution in [0, 0.1) is 5.92 Å². The van der Waals surface area contributed by atoms with Gasteiger partial charge in [0.05, 0.1) is 35.0 Å². The molecule has 4 fully saturated rings. The van der Waals surface area contributed by atoms with Gasteiger partial charge in [0.1, 0.15) is 10.0 Å². The lowest BCUT2D eigenvalue weighted by molar-refractivity contribution is -0.178. The Morgan fingerprint density at radius 2 is 1.77 bits per heavy atom. The van der Waals surface area contributed by atoms with E-state index in [2.05, 4.69) is 20.9 Å². The molecule has 25 heteroatoms. The fourth-order valence-electron chi connectivity index (χ4n) is 6.46. The predicted molar refractivity (Wildman–Crippen MR) is 198 cm³/mol. The van der Waals surface area contributed by atoms with E-state index in [1.54, 1.807) is 0 Å². The number of carbonyl (C=O) groups is 8. The fraction of sp³-hybridized carbons (Fsp3) is 0.438. The predicted octanol–water partition coefficient (Wildman–Crippen LogP) is 0.991. The van der Waals surface area contributed by atoms with E-state index in [4.69, 9.17) is 33.8 Å². The zero-order valence-corrected chi connectivity index (χ0v) is 32.4. The van der Waals surface area contributed by atoms with E-state index in [0.717, 1.165) is 39.1 Å². The molecule has 57 heavy (non-hydrogen) atoms. The van der Waals surface area contributed by atoms with Crippen LogP contribution >= 0.6 is 46.3 Å². The monoisotopic (exact) mass is 870 g/mol. The standard InChI is InChI=1S/C32H32Cl2N8O13S2/c33-18-13(4-5-15(43)21(18)46)23(47)36-8-1-3-16(44)24(48)38-42-10-9-41(30(42)54)32(28(52)53)12-40-25(49)14(26(40)57-32)11-17(45)19(20-22(34)56-29(35)37-20)39-55-31(27(50)51)6-2-7-31/h4-5,14,26,43,46H,1-3,6-12H2,(H2,35,37)(H,36,47)(H,38,48)(H,50,51)(H,52,53)/b39-19+/t14-,26-,32-/m1/s1. The molecular weight excluding hydrogens is 839 g/mol. The maximum absolute atomic E-state index is 13.7. The van der Waals surface area contributed by atoms with E-state index >= 15 is 0 Å². The third-order valence-electron chi connectivity index (χ3n) is 9.79. The average molecular weight is 872 g/mol. The number of aliphatic carboxylic acids is 2. The maximum Gasteiger partial charge on any atom is 0.350 e. The summed E-state index contributed by atoms with van der Waals surface area (Å²) in [6.45, 7) is -1.00. The maximum atomic E-state index is 13.7. The number of amides is 5. The number of benzene rings is 1. The number of hydrogen-bond donors (Lipinski definition) is 7. The summed E-state index contributed by atoms with van der Waals surface area (Å²) in [7, 11) is 0. The van der Waals surface area contributed by atoms with E-state index in [1.807, 2.05) is 0 Å². The van der Waals surface area contributed by atoms with Crippen LogP contribution in [0.1, 0.15) is 54.6 Å². The Balaban J connectivity index is 1.06. The molecule has 4 aliphatic rings. The molecule has 2 aromatic rings. The molecule has 4 heterocycles. The smallest absolute Gasteiger partial charge is 0.350 e. The molecule has 1 aromatic carbocycles. The number of β-lactam (4-membered cyclic amide) rings is 1. The van der Waals surface area contributed by atoms with E-state index in [0.29, 0.717) is 6.42 Å². The number of thioether (sulfide) groups is 1. The van der Waals surface area contributed by atoms with Crippen molar-refractivity contribution in [2.75, 3.05) is 31.9 Å². The highest BCUT2D eigenvalue weighted by atomic mass is 35.5. The van der Waals surface area contributed by atoms with E-state index in [9.17, 15) is 58.8 Å². The number of phenols is 2. The summed E-state index contributed by atoms with van der Waals surface area (Å²) in [5.41, 5.74) is 5.47. The first kappa shape index (κ1) is 41.2. The number of oxime groups is 1. The number of nitrogens with one attached hydrogen (secondary N) is 2. The number of ketones is 2. The summed E-state index contributed by atoms with van der Waals surface area (Å²) in [5, 5.41) is 45.0. The summed E-state index contributed by atoms with van der Waals surface area (Å²) in [6.07, 6.45) is -0.0923. The molecule has 5 amide bonds. The third kappa shape index (κ3) is 7.58. The Labute approximate surface area is 339 Å². The van der Waals surface area contributed by atoms with Crippen molar-refractivity contribution in [1.82, 2.24) is 30.5 Å². The van der Waals surface area contributed by atoms with Gasteiger partial charge in [-0.3, -0.25) is 34.3 Å². The number of thiazole rings is 1. The summed E-state index contributed by atoms with van der Waals surface area (Å²) in [6, 6.07) is 1.27. The van der Waals surface area contributed by atoms with Crippen molar-refractivity contribution in [2.24, 2.45) is 11.1 Å². The van der Waals surface area contributed by atoms with Crippen LogP contribution in [0.3, 0.4) is 0 Å². The lowest BCUT2D eigenvalue weighted by Crippen LogP contribution is -2.60. The molecule has 3 saturated heterocycles. The number of hydrazine groups is 1. The lowest BCUT2D eigenvalue weighted by Gasteiger charge is -2.41. The minimum absolute atomic E-state index is 0.0121. The number of aromatic hydroxyl groups is 2. The minimum Gasteiger partial charge on any atom is -0.504 e. The van der Waals surface area contributed by atoms with Gasteiger partial charge in [-0.2, -0.15) is 0 Å². The van der Waals surface area contributed by atoms with Gasteiger partial charge >= 0.3 is 23.9 Å². The van der Waals surface area contributed by atoms with Crippen LogP contribution in [0.5, 0.6) is 11.5 Å². The molecule has 1 aromatic heterocycles. The SMILES string of the molecule is Nc1nc(/C(=N/OC2(C(=O)O)CCC2)C(=O)C[C@@H]2C(=O)N3C[C@@](C(=O)O)(N4CCN(NC(=O)C(=O)CCCNC(=O)c5ccc(O)c(O)c5Cl)C4=O)S[C@H]23)c(Cl)s1. The molecule has 1 aliphatic carbocycles. The number of hydrogen-bond acceptors (Lipinski definition) is 16. The summed E-state index contributed by atoms with van der Waals surface area (Å²) >= 11 is 13.7. The second kappa shape index (κ2) is 15.9. The molecule has 1 saturated carbocycles. The summed E-state index contributed by atoms with van der Waals surface area (Å²) in [4.78, 5) is 112. The van der Waals surface area contributed by atoms with Gasteiger partial charge in [0, 0.05) is 38.8 Å². The van der Waals surface area contributed by atoms with Gasteiger partial charge in [-0.1, -0.05) is 51.5 Å². The van der Waals surface area contributed by atoms with Gasteiger partial charge in [-0.25, -0.2) is 24.4 Å². The number of aromatic nitrogens is 1. The van der Waals surface area contributed by atoms with Gasteiger partial charge < -0.3 is 41.2 Å². The number of halogens is 2. The highest BCUT2D eigenvalue weighted by molar-refractivity contribution is 8.02. The number of rotatable bonds is 16. The van der Waals surface area contributed by atoms with Crippen LogP contribution in [-0.4, -0.2) is 135 Å². The molecule has 8 N–H and O–H groups in total. The Bertz CT molecular complexity index is 2130. The molecule has 0 radical (unpaired) electrons. The molecule has 304 valence electrons. The second-order valence-corrected chi connectivity index (χ2v) is 16.7. The molecular formula is C32H32Cl2N8O13S2. The van der Waals surface area contributed by atoms with Crippen LogP contribution in [0.4, 0.5) is 9.93 Å². The summed E-state index contributed by atoms with van der Waals surface area (Å²) in [5.74, 6) is -9.34. The van der Waals surface area contributed by atoms with Crippen LogP contribution in [-0.2, 0) is 33.6 Å².